The van der Waals surface area contributed by atoms with Crippen LogP contribution < -0.4 is 0 Å². The molecule has 4 rings (SSSR count). The van der Waals surface area contributed by atoms with Crippen LogP contribution in [0.3, 0.4) is 0 Å². The molecule has 0 aromatic carbocycles. The Kier molecular flexibility index (Phi) is 4.07. The summed E-state index contributed by atoms with van der Waals surface area (Å²) >= 11 is 0. The van der Waals surface area contributed by atoms with Crippen molar-refractivity contribution in [3.63, 3.8) is 0 Å². The molecule has 23 heavy (non-hydrogen) atoms. The van der Waals surface area contributed by atoms with Crippen molar-refractivity contribution in [3.8, 4) is 0 Å². The molecule has 0 heterocycles. The van der Waals surface area contributed by atoms with E-state index in [9.17, 15) is 22.0 Å². The fourth-order valence-electron chi connectivity index (χ4n) is 4.94. The van der Waals surface area contributed by atoms with Crippen LogP contribution in [0.1, 0.15) is 38.5 Å². The van der Waals surface area contributed by atoms with Crippen LogP contribution in [0, 0.1) is 23.2 Å². The predicted molar refractivity (Wildman–Crippen MR) is 74.4 cm³/mol. The van der Waals surface area contributed by atoms with Gasteiger partial charge in [0.15, 0.2) is 6.61 Å². The van der Waals surface area contributed by atoms with Gasteiger partial charge in [-0.05, 0) is 56.3 Å². The van der Waals surface area contributed by atoms with E-state index in [1.807, 2.05) is 0 Å². The Bertz CT molecular complexity index is 553. The molecule has 4 aliphatic rings. The van der Waals surface area contributed by atoms with Crippen LogP contribution in [0.4, 0.5) is 13.6 Å². The Balaban J connectivity index is 1.50. The van der Waals surface area contributed by atoms with Gasteiger partial charge < -0.3 is 9.47 Å². The fraction of sp³-hybridized carbons (Fsp3) is 0.929. The Labute approximate surface area is 133 Å². The van der Waals surface area contributed by atoms with Crippen molar-refractivity contribution >= 4 is 16.3 Å². The second-order valence-corrected chi connectivity index (χ2v) is 8.90. The number of alkyl halides is 2. The van der Waals surface area contributed by atoms with Crippen molar-refractivity contribution in [2.45, 2.75) is 43.8 Å². The van der Waals surface area contributed by atoms with Gasteiger partial charge in [0.2, 0.25) is 0 Å². The highest BCUT2D eigenvalue weighted by molar-refractivity contribution is 7.86. The van der Waals surface area contributed by atoms with Gasteiger partial charge in [0, 0.05) is 5.41 Å². The molecule has 4 aliphatic carbocycles. The molecule has 6 nitrogen and oxygen atoms in total. The van der Waals surface area contributed by atoms with Crippen LogP contribution in [-0.4, -0.2) is 37.6 Å². The first kappa shape index (κ1) is 16.9. The molecule has 4 saturated carbocycles. The monoisotopic (exact) mass is 354 g/mol. The molecule has 9 heteroatoms. The zero-order valence-electron chi connectivity index (χ0n) is 12.5. The topological polar surface area (TPSA) is 89.9 Å². The van der Waals surface area contributed by atoms with Crippen molar-refractivity contribution in [2.24, 2.45) is 23.2 Å². The minimum Gasteiger partial charge on any atom is -0.434 e. The van der Waals surface area contributed by atoms with Gasteiger partial charge in [-0.1, -0.05) is 0 Å². The number of hydrogen-bond acceptors (Lipinski definition) is 5. The molecule has 0 atom stereocenters. The van der Waals surface area contributed by atoms with Crippen molar-refractivity contribution in [3.05, 3.63) is 0 Å². The summed E-state index contributed by atoms with van der Waals surface area (Å²) in [6.45, 7) is -1.64. The predicted octanol–water partition coefficient (Wildman–Crippen LogP) is 2.84. The molecule has 0 spiro atoms. The Hall–Kier alpha value is -0.960. The quantitative estimate of drug-likeness (QED) is 0.603. The molecule has 132 valence electrons. The van der Waals surface area contributed by atoms with Gasteiger partial charge in [-0.2, -0.15) is 17.2 Å². The van der Waals surface area contributed by atoms with Gasteiger partial charge in [-0.15, -0.1) is 0 Å². The van der Waals surface area contributed by atoms with Gasteiger partial charge in [0.1, 0.15) is 6.61 Å². The fourth-order valence-corrected chi connectivity index (χ4v) is 5.15. The Morgan fingerprint density at radius 1 is 1.09 bits per heavy atom. The van der Waals surface area contributed by atoms with E-state index in [1.54, 1.807) is 0 Å². The normalized spacial score (nSPS) is 36.0. The minimum atomic E-state index is -5.62. The first-order valence-corrected chi connectivity index (χ1v) is 9.17. The lowest BCUT2D eigenvalue weighted by Gasteiger charge is -2.56. The molecule has 0 radical (unpaired) electrons. The molecule has 0 saturated heterocycles. The number of ether oxygens (including phenoxy) is 2. The molecule has 0 aromatic rings. The molecule has 1 N–H and O–H groups in total. The summed E-state index contributed by atoms with van der Waals surface area (Å²) in [6, 6.07) is 0. The Morgan fingerprint density at radius 2 is 1.57 bits per heavy atom. The number of hydrogen-bond donors (Lipinski definition) is 1. The van der Waals surface area contributed by atoms with Crippen LogP contribution in [-0.2, 0) is 19.6 Å². The number of carbonyl (C=O) groups excluding carboxylic acids is 1. The van der Waals surface area contributed by atoms with E-state index in [4.69, 9.17) is 9.29 Å². The average molecular weight is 354 g/mol. The van der Waals surface area contributed by atoms with Gasteiger partial charge in [0.05, 0.1) is 0 Å². The maximum Gasteiger partial charge on any atom is 0.508 e. The SMILES string of the molecule is O=C(OCC12CC3CC(CC(C3)C1)C2)OCC(F)(F)S(=O)(=O)O. The van der Waals surface area contributed by atoms with Crippen molar-refractivity contribution in [2.75, 3.05) is 13.2 Å². The van der Waals surface area contributed by atoms with Gasteiger partial charge >= 0.3 is 21.5 Å². The third-order valence-electron chi connectivity index (χ3n) is 5.40. The number of rotatable bonds is 5. The van der Waals surface area contributed by atoms with Crippen molar-refractivity contribution in [1.82, 2.24) is 0 Å². The van der Waals surface area contributed by atoms with Gasteiger partial charge in [0.25, 0.3) is 0 Å². The lowest BCUT2D eigenvalue weighted by Crippen LogP contribution is -2.48. The molecular formula is C14H20F2O6S. The molecule has 4 fully saturated rings. The second kappa shape index (κ2) is 5.54. The van der Waals surface area contributed by atoms with Gasteiger partial charge in [-0.25, -0.2) is 4.79 Å². The summed E-state index contributed by atoms with van der Waals surface area (Å²) in [5.74, 6) is 1.97. The highest BCUT2D eigenvalue weighted by atomic mass is 32.2. The maximum atomic E-state index is 13.0. The zero-order valence-corrected chi connectivity index (χ0v) is 13.4. The zero-order chi connectivity index (χ0) is 16.9. The summed E-state index contributed by atoms with van der Waals surface area (Å²) in [5, 5.41) is -4.54. The average Bonchev–Trinajstić information content (AvgIpc) is 2.40. The summed E-state index contributed by atoms with van der Waals surface area (Å²) < 4.78 is 64.2. The lowest BCUT2D eigenvalue weighted by molar-refractivity contribution is -0.0943. The summed E-state index contributed by atoms with van der Waals surface area (Å²) in [6.07, 6.45) is 5.29. The van der Waals surface area contributed by atoms with Gasteiger partial charge in [-0.3, -0.25) is 4.55 Å². The van der Waals surface area contributed by atoms with E-state index in [1.165, 1.54) is 19.3 Å². The maximum absolute atomic E-state index is 13.0. The lowest BCUT2D eigenvalue weighted by atomic mass is 9.50. The van der Waals surface area contributed by atoms with Crippen LogP contribution in [0.2, 0.25) is 0 Å². The van der Waals surface area contributed by atoms with E-state index in [2.05, 4.69) is 4.74 Å². The summed E-state index contributed by atoms with van der Waals surface area (Å²) in [5.41, 5.74) is -0.0840. The third-order valence-corrected chi connectivity index (χ3v) is 6.27. The minimum absolute atomic E-state index is 0.0840. The van der Waals surface area contributed by atoms with E-state index in [-0.39, 0.29) is 12.0 Å². The highest BCUT2D eigenvalue weighted by Crippen LogP contribution is 2.60. The molecule has 4 bridgehead atoms. The molecular weight excluding hydrogens is 334 g/mol. The first-order valence-electron chi connectivity index (χ1n) is 7.73. The largest absolute Gasteiger partial charge is 0.508 e. The third kappa shape index (κ3) is 3.45. The van der Waals surface area contributed by atoms with E-state index >= 15 is 0 Å². The highest BCUT2D eigenvalue weighted by Gasteiger charge is 2.51. The molecule has 0 aromatic heterocycles. The number of carbonyl (C=O) groups is 1. The van der Waals surface area contributed by atoms with Crippen LogP contribution >= 0.6 is 0 Å². The molecule has 0 amide bonds. The van der Waals surface area contributed by atoms with E-state index in [0.717, 1.165) is 19.3 Å². The first-order chi connectivity index (χ1) is 10.6. The van der Waals surface area contributed by atoms with Crippen LogP contribution in [0.25, 0.3) is 0 Å². The Morgan fingerprint density at radius 3 is 2.00 bits per heavy atom. The summed E-state index contributed by atoms with van der Waals surface area (Å²) in [7, 11) is -5.62. The molecule has 0 aliphatic heterocycles. The van der Waals surface area contributed by atoms with E-state index < -0.39 is 28.1 Å². The van der Waals surface area contributed by atoms with Crippen molar-refractivity contribution < 1.29 is 36.0 Å². The summed E-state index contributed by atoms with van der Waals surface area (Å²) in [4.78, 5) is 11.5. The second-order valence-electron chi connectivity index (χ2n) is 7.36. The standard InChI is InChI=1S/C14H20F2O6S/c15-14(16,23(18,19)20)8-22-12(17)21-7-13-4-9-1-10(5-13)3-11(2-9)6-13/h9-11H,1-8H2,(H,18,19,20). The van der Waals surface area contributed by atoms with Crippen LogP contribution in [0.15, 0.2) is 0 Å². The van der Waals surface area contributed by atoms with E-state index in [0.29, 0.717) is 17.8 Å². The smallest absolute Gasteiger partial charge is 0.434 e. The van der Waals surface area contributed by atoms with Crippen LogP contribution in [0.5, 0.6) is 0 Å². The number of halogens is 2. The molecule has 0 unspecified atom stereocenters. The van der Waals surface area contributed by atoms with Crippen molar-refractivity contribution in [1.29, 1.82) is 0 Å².